The lowest BCUT2D eigenvalue weighted by atomic mass is 9.84. The molecule has 1 saturated heterocycles. The number of halogens is 2. The molecular formula is C14H19Br2N. The number of anilines is 1. The summed E-state index contributed by atoms with van der Waals surface area (Å²) in [5.74, 6) is 0. The lowest BCUT2D eigenvalue weighted by molar-refractivity contribution is 0.293. The highest BCUT2D eigenvalue weighted by Crippen LogP contribution is 2.34. The minimum Gasteiger partial charge on any atom is -0.371 e. The van der Waals surface area contributed by atoms with Gasteiger partial charge >= 0.3 is 0 Å². The normalized spacial score (nSPS) is 19.4. The first-order valence-electron chi connectivity index (χ1n) is 6.11. The second-order valence-electron chi connectivity index (χ2n) is 5.60. The summed E-state index contributed by atoms with van der Waals surface area (Å²) in [6.07, 6.45) is 2.63. The molecule has 1 aliphatic rings. The van der Waals surface area contributed by atoms with Gasteiger partial charge in [-0.25, -0.2) is 0 Å². The van der Waals surface area contributed by atoms with Crippen molar-refractivity contribution in [2.24, 2.45) is 5.41 Å². The van der Waals surface area contributed by atoms with Crippen molar-refractivity contribution in [3.8, 4) is 0 Å². The molecule has 3 heteroatoms. The highest BCUT2D eigenvalue weighted by atomic mass is 79.9. The van der Waals surface area contributed by atoms with Crippen molar-refractivity contribution in [3.63, 3.8) is 0 Å². The van der Waals surface area contributed by atoms with E-state index >= 15 is 0 Å². The lowest BCUT2D eigenvalue weighted by Gasteiger charge is -2.40. The molecule has 94 valence electrons. The molecule has 0 spiro atoms. The maximum absolute atomic E-state index is 3.59. The van der Waals surface area contributed by atoms with Crippen LogP contribution in [0.2, 0.25) is 0 Å². The summed E-state index contributed by atoms with van der Waals surface area (Å²) in [6, 6.07) is 6.59. The summed E-state index contributed by atoms with van der Waals surface area (Å²) in [7, 11) is 0. The average Bonchev–Trinajstić information content (AvgIpc) is 2.27. The molecular weight excluding hydrogens is 342 g/mol. The van der Waals surface area contributed by atoms with E-state index in [1.807, 2.05) is 0 Å². The van der Waals surface area contributed by atoms with Crippen molar-refractivity contribution in [1.29, 1.82) is 0 Å². The minimum absolute atomic E-state index is 0.439. The Bertz CT molecular complexity index is 401. The third kappa shape index (κ3) is 3.25. The van der Waals surface area contributed by atoms with Gasteiger partial charge in [0.15, 0.2) is 0 Å². The second-order valence-corrected chi connectivity index (χ2v) is 7.07. The fraction of sp³-hybridized carbons (Fsp3) is 0.571. The van der Waals surface area contributed by atoms with Gasteiger partial charge in [-0.1, -0.05) is 45.7 Å². The van der Waals surface area contributed by atoms with E-state index in [4.69, 9.17) is 0 Å². The second kappa shape index (κ2) is 5.31. The van der Waals surface area contributed by atoms with Crippen LogP contribution in [0.25, 0.3) is 0 Å². The summed E-state index contributed by atoms with van der Waals surface area (Å²) in [5.41, 5.74) is 3.20. The van der Waals surface area contributed by atoms with E-state index in [0.717, 1.165) is 16.3 Å². The number of hydrogen-bond donors (Lipinski definition) is 0. The van der Waals surface area contributed by atoms with E-state index < -0.39 is 0 Å². The first kappa shape index (κ1) is 13.4. The predicted molar refractivity (Wildman–Crippen MR) is 82.0 cm³/mol. The predicted octanol–water partition coefficient (Wildman–Crippen LogP) is 4.97. The smallest absolute Gasteiger partial charge is 0.0408 e. The molecule has 0 radical (unpaired) electrons. The van der Waals surface area contributed by atoms with Crippen LogP contribution in [0.15, 0.2) is 22.7 Å². The molecule has 1 aliphatic heterocycles. The maximum Gasteiger partial charge on any atom is 0.0408 e. The topological polar surface area (TPSA) is 3.24 Å². The Hall–Kier alpha value is -0.0200. The van der Waals surface area contributed by atoms with Gasteiger partial charge in [-0.3, -0.25) is 0 Å². The van der Waals surface area contributed by atoms with Crippen LogP contribution in [-0.4, -0.2) is 13.1 Å². The van der Waals surface area contributed by atoms with Gasteiger partial charge in [0.25, 0.3) is 0 Å². The molecule has 1 fully saturated rings. The Morgan fingerprint density at radius 1 is 1.35 bits per heavy atom. The quantitative estimate of drug-likeness (QED) is 0.673. The van der Waals surface area contributed by atoms with Gasteiger partial charge in [0, 0.05) is 28.6 Å². The number of hydrogen-bond acceptors (Lipinski definition) is 1. The molecule has 1 heterocycles. The van der Waals surface area contributed by atoms with Crippen molar-refractivity contribution in [1.82, 2.24) is 0 Å². The molecule has 17 heavy (non-hydrogen) atoms. The van der Waals surface area contributed by atoms with Crippen LogP contribution in [-0.2, 0) is 5.33 Å². The first-order chi connectivity index (χ1) is 8.02. The van der Waals surface area contributed by atoms with E-state index in [1.165, 1.54) is 30.6 Å². The van der Waals surface area contributed by atoms with Crippen molar-refractivity contribution < 1.29 is 0 Å². The van der Waals surface area contributed by atoms with Crippen LogP contribution in [0.1, 0.15) is 32.3 Å². The van der Waals surface area contributed by atoms with E-state index in [0.29, 0.717) is 5.41 Å². The first-order valence-corrected chi connectivity index (χ1v) is 8.03. The van der Waals surface area contributed by atoms with Crippen molar-refractivity contribution in [2.45, 2.75) is 32.0 Å². The molecule has 1 aromatic carbocycles. The van der Waals surface area contributed by atoms with E-state index in [1.54, 1.807) is 0 Å². The van der Waals surface area contributed by atoms with Gasteiger partial charge in [0.1, 0.15) is 0 Å². The average molecular weight is 361 g/mol. The van der Waals surface area contributed by atoms with E-state index in [-0.39, 0.29) is 0 Å². The standard InChI is InChI=1S/C14H19Br2N/c1-14(2)6-3-7-17(10-14)13-5-4-12(16)8-11(13)9-15/h4-5,8H,3,6-7,9-10H2,1-2H3. The summed E-state index contributed by atoms with van der Waals surface area (Å²) >= 11 is 7.13. The zero-order valence-corrected chi connectivity index (χ0v) is 13.6. The number of nitrogens with zero attached hydrogens (tertiary/aromatic N) is 1. The Kier molecular flexibility index (Phi) is 4.19. The van der Waals surface area contributed by atoms with Crippen molar-refractivity contribution in [3.05, 3.63) is 28.2 Å². The van der Waals surface area contributed by atoms with Gasteiger partial charge < -0.3 is 4.90 Å². The SMILES string of the molecule is CC1(C)CCCN(c2ccc(Br)cc2CBr)C1. The molecule has 0 unspecified atom stereocenters. The Labute approximate surface area is 121 Å². The van der Waals surface area contributed by atoms with Gasteiger partial charge in [0.2, 0.25) is 0 Å². The highest BCUT2D eigenvalue weighted by Gasteiger charge is 2.27. The third-order valence-electron chi connectivity index (χ3n) is 3.43. The largest absolute Gasteiger partial charge is 0.371 e. The van der Waals surface area contributed by atoms with Gasteiger partial charge in [-0.15, -0.1) is 0 Å². The monoisotopic (exact) mass is 359 g/mol. The number of rotatable bonds is 2. The summed E-state index contributed by atoms with van der Waals surface area (Å²) in [6.45, 7) is 7.08. The molecule has 0 atom stereocenters. The Morgan fingerprint density at radius 2 is 2.12 bits per heavy atom. The lowest BCUT2D eigenvalue weighted by Crippen LogP contribution is -2.40. The van der Waals surface area contributed by atoms with Gasteiger partial charge in [-0.2, -0.15) is 0 Å². The minimum atomic E-state index is 0.439. The Balaban J connectivity index is 2.27. The van der Waals surface area contributed by atoms with Crippen LogP contribution in [0.5, 0.6) is 0 Å². The molecule has 0 bridgehead atoms. The highest BCUT2D eigenvalue weighted by molar-refractivity contribution is 9.10. The fourth-order valence-electron chi connectivity index (χ4n) is 2.60. The van der Waals surface area contributed by atoms with Gasteiger partial charge in [-0.05, 0) is 42.0 Å². The molecule has 0 aromatic heterocycles. The molecule has 2 rings (SSSR count). The molecule has 1 nitrogen and oxygen atoms in total. The molecule has 0 saturated carbocycles. The third-order valence-corrected chi connectivity index (χ3v) is 4.52. The van der Waals surface area contributed by atoms with Crippen molar-refractivity contribution in [2.75, 3.05) is 18.0 Å². The molecule has 1 aromatic rings. The maximum atomic E-state index is 3.59. The molecule has 0 aliphatic carbocycles. The fourth-order valence-corrected chi connectivity index (χ4v) is 3.46. The van der Waals surface area contributed by atoms with Crippen LogP contribution in [0, 0.1) is 5.41 Å². The van der Waals surface area contributed by atoms with Crippen molar-refractivity contribution >= 4 is 37.5 Å². The summed E-state index contributed by atoms with van der Waals surface area (Å²) in [4.78, 5) is 2.53. The zero-order chi connectivity index (χ0) is 12.5. The molecule has 0 N–H and O–H groups in total. The van der Waals surface area contributed by atoms with E-state index in [2.05, 4.69) is 68.8 Å². The van der Waals surface area contributed by atoms with Crippen LogP contribution >= 0.6 is 31.9 Å². The Morgan fingerprint density at radius 3 is 2.76 bits per heavy atom. The summed E-state index contributed by atoms with van der Waals surface area (Å²) < 4.78 is 1.16. The number of benzene rings is 1. The van der Waals surface area contributed by atoms with Crippen LogP contribution < -0.4 is 4.90 Å². The van der Waals surface area contributed by atoms with E-state index in [9.17, 15) is 0 Å². The van der Waals surface area contributed by atoms with Crippen LogP contribution in [0.3, 0.4) is 0 Å². The zero-order valence-electron chi connectivity index (χ0n) is 10.5. The number of alkyl halides is 1. The van der Waals surface area contributed by atoms with Gasteiger partial charge in [0.05, 0.1) is 0 Å². The summed E-state index contributed by atoms with van der Waals surface area (Å²) in [5, 5.41) is 0.915. The number of piperidine rings is 1. The molecule has 0 amide bonds. The van der Waals surface area contributed by atoms with Crippen LogP contribution in [0.4, 0.5) is 5.69 Å².